The summed E-state index contributed by atoms with van der Waals surface area (Å²) in [5.41, 5.74) is -0.556. The van der Waals surface area contributed by atoms with Gasteiger partial charge < -0.3 is 15.3 Å². The third-order valence-electron chi connectivity index (χ3n) is 5.55. The molecule has 9 nitrogen and oxygen atoms in total. The Labute approximate surface area is 173 Å². The fourth-order valence-electron chi connectivity index (χ4n) is 4.25. The number of carbonyl (C=O) groups is 3. The number of benzene rings is 2. The molecule has 2 aliphatic carbocycles. The molecule has 0 aromatic heterocycles. The molecule has 11 heteroatoms. The van der Waals surface area contributed by atoms with Crippen LogP contribution in [-0.2, 0) is 26.1 Å². The maximum Gasteiger partial charge on any atom is 0.298 e. The summed E-state index contributed by atoms with van der Waals surface area (Å²) in [4.78, 5) is 36.8. The van der Waals surface area contributed by atoms with E-state index < -0.39 is 66.7 Å². The van der Waals surface area contributed by atoms with Crippen LogP contribution in [0.2, 0.25) is 5.02 Å². The summed E-state index contributed by atoms with van der Waals surface area (Å²) in [6.45, 7) is 0. The average Bonchev–Trinajstić information content (AvgIpc) is 2.63. The molecule has 1 fully saturated rings. The topological polar surface area (TPSA) is 166 Å². The smallest absolute Gasteiger partial charge is 0.298 e. The van der Waals surface area contributed by atoms with Crippen LogP contribution in [0, 0.1) is 11.8 Å². The third-order valence-corrected chi connectivity index (χ3v) is 6.73. The minimum absolute atomic E-state index is 0.0217. The minimum atomic E-state index is -4.90. The van der Waals surface area contributed by atoms with Gasteiger partial charge in [-0.25, -0.2) is 0 Å². The van der Waals surface area contributed by atoms with Crippen molar-refractivity contribution in [3.8, 4) is 11.5 Å². The van der Waals surface area contributed by atoms with Gasteiger partial charge in [0.05, 0.1) is 33.7 Å². The molecule has 0 radical (unpaired) electrons. The molecule has 2 aromatic rings. The van der Waals surface area contributed by atoms with Crippen molar-refractivity contribution in [2.24, 2.45) is 11.8 Å². The molecular formula is C19H13ClO9S. The van der Waals surface area contributed by atoms with Crippen LogP contribution >= 0.6 is 11.6 Å². The largest absolute Gasteiger partial charge is 0.515 e. The first-order valence-electron chi connectivity index (χ1n) is 8.60. The van der Waals surface area contributed by atoms with Crippen molar-refractivity contribution in [3.05, 3.63) is 40.1 Å². The molecule has 0 amide bonds. The standard InChI is InChI=1S/C19H13ClO9S/c20-10-4-12(30(27,28)29)17(24)15-8(10)2-6-1-7-3-11(22)9(5-21)16(23)13(7)18(25)14(6)19(15)26/h2,4-5,7,13,21,24,26H,1,3H2,(H,27,28,29). The number of rotatable bonds is 1. The van der Waals surface area contributed by atoms with Crippen LogP contribution in [0.5, 0.6) is 11.5 Å². The number of aliphatic hydroxyl groups is 1. The molecule has 0 saturated heterocycles. The maximum atomic E-state index is 13.1. The number of fused-ring (bicyclic) bond motifs is 3. The molecule has 156 valence electrons. The molecule has 4 N–H and O–H groups in total. The second kappa shape index (κ2) is 6.53. The Morgan fingerprint density at radius 3 is 2.30 bits per heavy atom. The Balaban J connectivity index is 2.02. The van der Waals surface area contributed by atoms with E-state index in [0.29, 0.717) is 6.26 Å². The summed E-state index contributed by atoms with van der Waals surface area (Å²) in [6.07, 6.45) is 0.254. The summed E-state index contributed by atoms with van der Waals surface area (Å²) in [7, 11) is -4.90. The van der Waals surface area contributed by atoms with Crippen LogP contribution in [0.1, 0.15) is 22.3 Å². The summed E-state index contributed by atoms with van der Waals surface area (Å²) in [5, 5.41) is 29.6. The van der Waals surface area contributed by atoms with Crippen molar-refractivity contribution in [2.45, 2.75) is 17.7 Å². The Kier molecular flexibility index (Phi) is 4.42. The molecule has 0 bridgehead atoms. The zero-order valence-electron chi connectivity index (χ0n) is 14.9. The van der Waals surface area contributed by atoms with Crippen LogP contribution in [0.4, 0.5) is 0 Å². The number of hydrogen-bond donors (Lipinski definition) is 4. The Hall–Kier alpha value is -2.95. The molecule has 0 spiro atoms. The molecule has 0 aliphatic heterocycles. The minimum Gasteiger partial charge on any atom is -0.515 e. The number of allylic oxidation sites excluding steroid dienone is 1. The molecule has 4 rings (SSSR count). The number of aliphatic hydroxyl groups excluding tert-OH is 1. The van der Waals surface area contributed by atoms with Gasteiger partial charge in [-0.2, -0.15) is 8.42 Å². The first-order chi connectivity index (χ1) is 14.0. The number of hydrogen-bond acceptors (Lipinski definition) is 8. The average molecular weight is 453 g/mol. The summed E-state index contributed by atoms with van der Waals surface area (Å²) in [6, 6.07) is 2.17. The lowest BCUT2D eigenvalue weighted by Crippen LogP contribution is -2.44. The Morgan fingerprint density at radius 1 is 1.03 bits per heavy atom. The highest BCUT2D eigenvalue weighted by molar-refractivity contribution is 7.86. The summed E-state index contributed by atoms with van der Waals surface area (Å²) >= 11 is 6.09. The van der Waals surface area contributed by atoms with Gasteiger partial charge in [-0.1, -0.05) is 11.6 Å². The van der Waals surface area contributed by atoms with Gasteiger partial charge >= 0.3 is 0 Å². The van der Waals surface area contributed by atoms with Gasteiger partial charge in [0.2, 0.25) is 0 Å². The second-order valence-electron chi connectivity index (χ2n) is 7.20. The van der Waals surface area contributed by atoms with E-state index >= 15 is 0 Å². The van der Waals surface area contributed by atoms with E-state index in [2.05, 4.69) is 0 Å². The SMILES string of the molecule is O=C1CC2Cc3cc4c(Cl)cc(S(=O)(=O)O)c(O)c4c(O)c3C(=O)C2C(=O)C1=CO. The van der Waals surface area contributed by atoms with Crippen LogP contribution in [-0.4, -0.2) is 45.6 Å². The highest BCUT2D eigenvalue weighted by Gasteiger charge is 2.48. The Bertz CT molecular complexity index is 1320. The highest BCUT2D eigenvalue weighted by atomic mass is 35.5. The van der Waals surface area contributed by atoms with Crippen LogP contribution in [0.25, 0.3) is 10.8 Å². The molecule has 2 aromatic carbocycles. The third kappa shape index (κ3) is 2.72. The number of carbonyl (C=O) groups excluding carboxylic acids is 3. The highest BCUT2D eigenvalue weighted by Crippen LogP contribution is 2.48. The fourth-order valence-corrected chi connectivity index (χ4v) is 5.19. The second-order valence-corrected chi connectivity index (χ2v) is 9.00. The number of halogens is 1. The lowest BCUT2D eigenvalue weighted by molar-refractivity contribution is -0.128. The van der Waals surface area contributed by atoms with Gasteiger partial charge in [-0.3, -0.25) is 18.9 Å². The van der Waals surface area contributed by atoms with E-state index in [9.17, 15) is 42.7 Å². The zero-order valence-corrected chi connectivity index (χ0v) is 16.5. The number of ketones is 3. The molecule has 2 aliphatic rings. The molecule has 0 heterocycles. The lowest BCUT2D eigenvalue weighted by Gasteiger charge is -2.34. The maximum absolute atomic E-state index is 13.1. The van der Waals surface area contributed by atoms with E-state index in [0.717, 1.165) is 6.07 Å². The first-order valence-corrected chi connectivity index (χ1v) is 10.4. The van der Waals surface area contributed by atoms with Gasteiger partial charge in [0.15, 0.2) is 17.3 Å². The first kappa shape index (κ1) is 20.3. The van der Waals surface area contributed by atoms with E-state index in [1.54, 1.807) is 0 Å². The summed E-state index contributed by atoms with van der Waals surface area (Å²) in [5.74, 6) is -6.11. The van der Waals surface area contributed by atoms with Crippen molar-refractivity contribution in [2.75, 3.05) is 0 Å². The van der Waals surface area contributed by atoms with Crippen LogP contribution in [0.15, 0.2) is 28.9 Å². The van der Waals surface area contributed by atoms with Crippen molar-refractivity contribution in [1.82, 2.24) is 0 Å². The molecule has 30 heavy (non-hydrogen) atoms. The molecular weight excluding hydrogens is 440 g/mol. The zero-order chi connectivity index (χ0) is 22.1. The number of phenolic OH excluding ortho intramolecular Hbond substituents is 2. The number of aromatic hydroxyl groups is 2. The van der Waals surface area contributed by atoms with Crippen LogP contribution in [0.3, 0.4) is 0 Å². The predicted molar refractivity (Wildman–Crippen MR) is 102 cm³/mol. The van der Waals surface area contributed by atoms with E-state index in [4.69, 9.17) is 11.6 Å². The fraction of sp³-hybridized carbons (Fsp3) is 0.211. The van der Waals surface area contributed by atoms with Gasteiger partial charge in [0.25, 0.3) is 10.1 Å². The molecule has 2 atom stereocenters. The quantitative estimate of drug-likeness (QED) is 0.166. The van der Waals surface area contributed by atoms with Gasteiger partial charge in [-0.05, 0) is 30.0 Å². The summed E-state index contributed by atoms with van der Waals surface area (Å²) < 4.78 is 32.4. The van der Waals surface area contributed by atoms with Crippen molar-refractivity contribution < 1.29 is 42.7 Å². The molecule has 1 saturated carbocycles. The van der Waals surface area contributed by atoms with E-state index in [-0.39, 0.29) is 34.4 Å². The van der Waals surface area contributed by atoms with Crippen molar-refractivity contribution >= 4 is 49.8 Å². The monoisotopic (exact) mass is 452 g/mol. The number of Topliss-reactive ketones (excluding diaryl/α,β-unsaturated/α-hetero) is 3. The molecule has 2 unspecified atom stereocenters. The lowest BCUT2D eigenvalue weighted by atomic mass is 9.65. The van der Waals surface area contributed by atoms with Crippen LogP contribution < -0.4 is 0 Å². The Morgan fingerprint density at radius 2 is 1.70 bits per heavy atom. The van der Waals surface area contributed by atoms with E-state index in [1.165, 1.54) is 6.07 Å². The van der Waals surface area contributed by atoms with E-state index in [1.807, 2.05) is 0 Å². The predicted octanol–water partition coefficient (Wildman–Crippen LogP) is 2.11. The van der Waals surface area contributed by atoms with Gasteiger partial charge in [0, 0.05) is 11.8 Å². The van der Waals surface area contributed by atoms with Crippen molar-refractivity contribution in [1.29, 1.82) is 0 Å². The normalized spacial score (nSPS) is 23.0. The van der Waals surface area contributed by atoms with Gasteiger partial charge in [-0.15, -0.1) is 0 Å². The van der Waals surface area contributed by atoms with Gasteiger partial charge in [0.1, 0.15) is 16.4 Å². The number of phenols is 2. The van der Waals surface area contributed by atoms with Crippen molar-refractivity contribution in [3.63, 3.8) is 0 Å².